The summed E-state index contributed by atoms with van der Waals surface area (Å²) in [5.74, 6) is -0.267. The first-order valence-corrected chi connectivity index (χ1v) is 10.6. The Morgan fingerprint density at radius 2 is 1.76 bits per heavy atom. The van der Waals surface area contributed by atoms with E-state index < -0.39 is 5.82 Å². The molecule has 1 amide bonds. The van der Waals surface area contributed by atoms with Crippen LogP contribution in [0.25, 0.3) is 22.2 Å². The maximum absolute atomic E-state index is 14.6. The number of carbonyl (C=O) groups excluding carboxylic acids is 1. The molecule has 1 N–H and O–H groups in total. The van der Waals surface area contributed by atoms with Crippen LogP contribution in [0.1, 0.15) is 15.9 Å². The van der Waals surface area contributed by atoms with Gasteiger partial charge in [0.25, 0.3) is 5.91 Å². The van der Waals surface area contributed by atoms with Gasteiger partial charge in [0.2, 0.25) is 0 Å². The molecule has 0 aliphatic heterocycles. The molecule has 0 unspecified atom stereocenters. The first kappa shape index (κ1) is 21.2. The number of nitrogens with one attached hydrogen (secondary N) is 1. The number of hydrogen-bond acceptors (Lipinski definition) is 5. The van der Waals surface area contributed by atoms with Gasteiger partial charge in [-0.2, -0.15) is 0 Å². The van der Waals surface area contributed by atoms with Gasteiger partial charge >= 0.3 is 0 Å². The van der Waals surface area contributed by atoms with E-state index in [1.165, 1.54) is 18.3 Å². The van der Waals surface area contributed by atoms with Crippen LogP contribution >= 0.6 is 0 Å². The predicted molar refractivity (Wildman–Crippen MR) is 127 cm³/mol. The maximum atomic E-state index is 14.6. The number of pyridine rings is 3. The molecule has 0 aliphatic carbocycles. The van der Waals surface area contributed by atoms with Crippen molar-refractivity contribution in [2.45, 2.75) is 6.54 Å². The monoisotopic (exact) mass is 450 g/mol. The zero-order valence-electron chi connectivity index (χ0n) is 18.0. The normalized spacial score (nSPS) is 10.7. The number of nitrogens with zero attached hydrogens (tertiary/aromatic N) is 3. The first-order valence-electron chi connectivity index (χ1n) is 10.6. The fourth-order valence-electron chi connectivity index (χ4n) is 3.58. The second-order valence-corrected chi connectivity index (χ2v) is 7.55. The van der Waals surface area contributed by atoms with Gasteiger partial charge in [-0.3, -0.25) is 14.8 Å². The molecular formula is C27H19FN4O2. The minimum absolute atomic E-state index is 0.0881. The van der Waals surface area contributed by atoms with Gasteiger partial charge in [-0.05, 0) is 54.1 Å². The summed E-state index contributed by atoms with van der Waals surface area (Å²) in [6.07, 6.45) is 6.48. The molecule has 0 spiro atoms. The van der Waals surface area contributed by atoms with Crippen LogP contribution in [-0.2, 0) is 6.54 Å². The molecule has 3 aromatic heterocycles. The Kier molecular flexibility index (Phi) is 5.90. The van der Waals surface area contributed by atoms with E-state index in [0.29, 0.717) is 28.1 Å². The Balaban J connectivity index is 1.36. The van der Waals surface area contributed by atoms with E-state index in [2.05, 4.69) is 20.3 Å². The molecule has 7 heteroatoms. The van der Waals surface area contributed by atoms with Crippen LogP contribution in [0.3, 0.4) is 0 Å². The van der Waals surface area contributed by atoms with Gasteiger partial charge in [0.05, 0.1) is 23.0 Å². The Morgan fingerprint density at radius 3 is 2.56 bits per heavy atom. The summed E-state index contributed by atoms with van der Waals surface area (Å²) in [6.45, 7) is 0.157. The SMILES string of the molecule is O=C(NCc1ccc(Oc2cccnc2)c(F)c1)c1cc(-c2ccncc2)nc2ccccc12. The quantitative estimate of drug-likeness (QED) is 0.367. The van der Waals surface area contributed by atoms with Crippen LogP contribution in [0.5, 0.6) is 11.5 Å². The molecule has 34 heavy (non-hydrogen) atoms. The predicted octanol–water partition coefficient (Wildman–Crippen LogP) is 5.55. The summed E-state index contributed by atoms with van der Waals surface area (Å²) < 4.78 is 20.1. The Labute approximate surface area is 195 Å². The van der Waals surface area contributed by atoms with E-state index in [1.807, 2.05) is 36.4 Å². The highest BCUT2D eigenvalue weighted by atomic mass is 19.1. The topological polar surface area (TPSA) is 77.0 Å². The van der Waals surface area contributed by atoms with E-state index in [1.54, 1.807) is 42.9 Å². The molecule has 0 aliphatic rings. The minimum atomic E-state index is -0.523. The average molecular weight is 450 g/mol. The molecular weight excluding hydrogens is 431 g/mol. The molecule has 5 rings (SSSR count). The number of ether oxygens (including phenoxy) is 1. The summed E-state index contributed by atoms with van der Waals surface area (Å²) in [5, 5.41) is 3.63. The number of rotatable bonds is 6. The number of halogens is 1. The average Bonchev–Trinajstić information content (AvgIpc) is 2.89. The van der Waals surface area contributed by atoms with E-state index in [9.17, 15) is 9.18 Å². The van der Waals surface area contributed by atoms with Crippen molar-refractivity contribution in [1.29, 1.82) is 0 Å². The number of hydrogen-bond donors (Lipinski definition) is 1. The molecule has 0 saturated heterocycles. The smallest absolute Gasteiger partial charge is 0.252 e. The Morgan fingerprint density at radius 1 is 0.912 bits per heavy atom. The molecule has 0 radical (unpaired) electrons. The molecule has 6 nitrogen and oxygen atoms in total. The zero-order valence-corrected chi connectivity index (χ0v) is 18.0. The van der Waals surface area contributed by atoms with E-state index in [0.717, 1.165) is 10.9 Å². The van der Waals surface area contributed by atoms with Crippen molar-refractivity contribution in [3.8, 4) is 22.8 Å². The van der Waals surface area contributed by atoms with E-state index in [4.69, 9.17) is 4.74 Å². The maximum Gasteiger partial charge on any atom is 0.252 e. The molecule has 3 heterocycles. The summed E-state index contributed by atoms with van der Waals surface area (Å²) in [6, 6.07) is 20.9. The largest absolute Gasteiger partial charge is 0.453 e. The minimum Gasteiger partial charge on any atom is -0.453 e. The van der Waals surface area contributed by atoms with E-state index >= 15 is 0 Å². The number of carbonyl (C=O) groups is 1. The molecule has 0 fully saturated rings. The van der Waals surface area contributed by atoms with Gasteiger partial charge < -0.3 is 10.1 Å². The summed E-state index contributed by atoms with van der Waals surface area (Å²) >= 11 is 0. The molecule has 0 atom stereocenters. The summed E-state index contributed by atoms with van der Waals surface area (Å²) in [7, 11) is 0. The lowest BCUT2D eigenvalue weighted by Gasteiger charge is -2.12. The second-order valence-electron chi connectivity index (χ2n) is 7.55. The number of fused-ring (bicyclic) bond motifs is 1. The number of para-hydroxylation sites is 1. The van der Waals surface area contributed by atoms with Gasteiger partial charge in [-0.15, -0.1) is 0 Å². The fraction of sp³-hybridized carbons (Fsp3) is 0.0370. The highest BCUT2D eigenvalue weighted by Crippen LogP contribution is 2.26. The van der Waals surface area contributed by atoms with E-state index in [-0.39, 0.29) is 18.2 Å². The molecule has 5 aromatic rings. The Hall–Kier alpha value is -4.65. The highest BCUT2D eigenvalue weighted by molar-refractivity contribution is 6.07. The lowest BCUT2D eigenvalue weighted by atomic mass is 10.0. The zero-order chi connectivity index (χ0) is 23.3. The van der Waals surface area contributed by atoms with Crippen molar-refractivity contribution in [3.63, 3.8) is 0 Å². The molecule has 0 bridgehead atoms. The van der Waals surface area contributed by atoms with Gasteiger partial charge in [0, 0.05) is 36.1 Å². The lowest BCUT2D eigenvalue weighted by molar-refractivity contribution is 0.0952. The van der Waals surface area contributed by atoms with Crippen molar-refractivity contribution in [3.05, 3.63) is 115 Å². The third-order valence-corrected chi connectivity index (χ3v) is 5.25. The molecule has 166 valence electrons. The van der Waals surface area contributed by atoms with Crippen LogP contribution in [0.4, 0.5) is 4.39 Å². The van der Waals surface area contributed by atoms with Crippen LogP contribution in [0, 0.1) is 5.82 Å². The van der Waals surface area contributed by atoms with Crippen LogP contribution in [0.15, 0.2) is 97.6 Å². The lowest BCUT2D eigenvalue weighted by Crippen LogP contribution is -2.23. The van der Waals surface area contributed by atoms with Gasteiger partial charge in [0.15, 0.2) is 11.6 Å². The third-order valence-electron chi connectivity index (χ3n) is 5.25. The Bertz CT molecular complexity index is 1460. The summed E-state index contributed by atoms with van der Waals surface area (Å²) in [4.78, 5) is 25.8. The van der Waals surface area contributed by atoms with Crippen molar-refractivity contribution in [2.75, 3.05) is 0 Å². The van der Waals surface area contributed by atoms with Crippen LogP contribution in [0.2, 0.25) is 0 Å². The highest BCUT2D eigenvalue weighted by Gasteiger charge is 2.14. The fourth-order valence-corrected chi connectivity index (χ4v) is 3.58. The third kappa shape index (κ3) is 4.59. The van der Waals surface area contributed by atoms with Gasteiger partial charge in [-0.25, -0.2) is 9.37 Å². The summed E-state index contributed by atoms with van der Waals surface area (Å²) in [5.41, 5.74) is 3.35. The van der Waals surface area contributed by atoms with Crippen molar-refractivity contribution >= 4 is 16.8 Å². The van der Waals surface area contributed by atoms with Crippen molar-refractivity contribution < 1.29 is 13.9 Å². The van der Waals surface area contributed by atoms with Crippen LogP contribution in [-0.4, -0.2) is 20.9 Å². The number of benzene rings is 2. The molecule has 0 saturated carbocycles. The number of aromatic nitrogens is 3. The van der Waals surface area contributed by atoms with Crippen LogP contribution < -0.4 is 10.1 Å². The van der Waals surface area contributed by atoms with Gasteiger partial charge in [-0.1, -0.05) is 24.3 Å². The first-order chi connectivity index (χ1) is 16.7. The van der Waals surface area contributed by atoms with Gasteiger partial charge in [0.1, 0.15) is 5.75 Å². The molecule has 2 aromatic carbocycles. The van der Waals surface area contributed by atoms with Crippen molar-refractivity contribution in [2.24, 2.45) is 0 Å². The standard InChI is InChI=1S/C27H19FN4O2/c28-23-14-18(7-8-26(23)34-20-4-3-11-30-17-20)16-31-27(33)22-15-25(19-9-12-29-13-10-19)32-24-6-2-1-5-21(22)24/h1-15,17H,16H2,(H,31,33). The number of amides is 1. The van der Waals surface area contributed by atoms with Crippen molar-refractivity contribution in [1.82, 2.24) is 20.3 Å². The second kappa shape index (κ2) is 9.46.